The van der Waals surface area contributed by atoms with Crippen molar-refractivity contribution in [2.24, 2.45) is 0 Å². The third-order valence-corrected chi connectivity index (χ3v) is 5.56. The molecule has 1 saturated heterocycles. The smallest absolute Gasteiger partial charge is 0.163 e. The van der Waals surface area contributed by atoms with Crippen molar-refractivity contribution in [2.45, 2.75) is 38.3 Å². The van der Waals surface area contributed by atoms with E-state index in [-0.39, 0.29) is 6.10 Å². The van der Waals surface area contributed by atoms with Gasteiger partial charge in [-0.2, -0.15) is 5.06 Å². The maximum absolute atomic E-state index is 10.9. The number of hydroxylamine groups is 2. The molecule has 3 aromatic rings. The standard InChI is InChI=1S/C20H22N2O3S/c1-20(2)24-13-16(25-20)18(22(23)12-14-8-4-3-5-9-14)19-21-15-10-6-7-11-17(15)26-19/h3-11,16,18,23H,12-13H2,1-2H3/t16-,18-/m1/s1. The third-order valence-electron chi connectivity index (χ3n) is 4.45. The van der Waals surface area contributed by atoms with E-state index in [0.29, 0.717) is 13.2 Å². The van der Waals surface area contributed by atoms with E-state index in [0.717, 1.165) is 20.8 Å². The Hall–Kier alpha value is -1.83. The normalized spacial score (nSPS) is 20.7. The van der Waals surface area contributed by atoms with E-state index >= 15 is 0 Å². The summed E-state index contributed by atoms with van der Waals surface area (Å²) < 4.78 is 12.9. The second-order valence-electron chi connectivity index (χ2n) is 6.91. The Bertz CT molecular complexity index is 848. The number of nitrogens with zero attached hydrogens (tertiary/aromatic N) is 2. The summed E-state index contributed by atoms with van der Waals surface area (Å²) in [6.45, 7) is 4.59. The minimum Gasteiger partial charge on any atom is -0.348 e. The highest BCUT2D eigenvalue weighted by Gasteiger charge is 2.41. The quantitative estimate of drug-likeness (QED) is 0.676. The van der Waals surface area contributed by atoms with Crippen molar-refractivity contribution in [3.8, 4) is 0 Å². The second kappa shape index (κ2) is 7.06. The molecular formula is C20H22N2O3S. The predicted molar refractivity (Wildman–Crippen MR) is 101 cm³/mol. The van der Waals surface area contributed by atoms with E-state index < -0.39 is 11.8 Å². The van der Waals surface area contributed by atoms with Crippen LogP contribution in [0.15, 0.2) is 54.6 Å². The van der Waals surface area contributed by atoms with E-state index in [1.54, 1.807) is 11.3 Å². The highest BCUT2D eigenvalue weighted by molar-refractivity contribution is 7.18. The molecule has 4 rings (SSSR count). The molecular weight excluding hydrogens is 348 g/mol. The molecule has 0 aliphatic carbocycles. The lowest BCUT2D eigenvalue weighted by Crippen LogP contribution is -2.36. The largest absolute Gasteiger partial charge is 0.348 e. The lowest BCUT2D eigenvalue weighted by molar-refractivity contribution is -0.191. The van der Waals surface area contributed by atoms with Crippen LogP contribution in [-0.2, 0) is 16.0 Å². The summed E-state index contributed by atoms with van der Waals surface area (Å²) in [5, 5.41) is 13.1. The Kier molecular flexibility index (Phi) is 4.77. The fourth-order valence-electron chi connectivity index (χ4n) is 3.23. The van der Waals surface area contributed by atoms with Gasteiger partial charge < -0.3 is 14.7 Å². The maximum Gasteiger partial charge on any atom is 0.163 e. The number of hydrogen-bond acceptors (Lipinski definition) is 6. The average Bonchev–Trinajstić information content (AvgIpc) is 3.19. The lowest BCUT2D eigenvalue weighted by atomic mass is 10.1. The zero-order valence-electron chi connectivity index (χ0n) is 14.8. The van der Waals surface area contributed by atoms with Crippen molar-refractivity contribution in [1.29, 1.82) is 0 Å². The van der Waals surface area contributed by atoms with Crippen LogP contribution in [-0.4, -0.2) is 33.8 Å². The Labute approximate surface area is 156 Å². The number of hydrogen-bond donors (Lipinski definition) is 1. The van der Waals surface area contributed by atoms with Crippen molar-refractivity contribution in [1.82, 2.24) is 10.0 Å². The molecule has 0 bridgehead atoms. The van der Waals surface area contributed by atoms with Gasteiger partial charge in [0.25, 0.3) is 0 Å². The number of aromatic nitrogens is 1. The van der Waals surface area contributed by atoms with Crippen LogP contribution >= 0.6 is 11.3 Å². The van der Waals surface area contributed by atoms with Gasteiger partial charge in [0, 0.05) is 6.54 Å². The molecule has 0 radical (unpaired) electrons. The summed E-state index contributed by atoms with van der Waals surface area (Å²) in [5.41, 5.74) is 1.96. The van der Waals surface area contributed by atoms with E-state index in [1.807, 2.05) is 68.4 Å². The van der Waals surface area contributed by atoms with Crippen LogP contribution in [0.3, 0.4) is 0 Å². The molecule has 1 aromatic heterocycles. The molecule has 0 saturated carbocycles. The molecule has 136 valence electrons. The van der Waals surface area contributed by atoms with E-state index in [4.69, 9.17) is 14.5 Å². The van der Waals surface area contributed by atoms with Gasteiger partial charge in [-0.15, -0.1) is 11.3 Å². The summed E-state index contributed by atoms with van der Waals surface area (Å²) in [5.74, 6) is -0.660. The minimum absolute atomic E-state index is 0.292. The Balaban J connectivity index is 1.67. The minimum atomic E-state index is -0.660. The number of para-hydroxylation sites is 1. The van der Waals surface area contributed by atoms with Crippen LogP contribution in [0.2, 0.25) is 0 Å². The van der Waals surface area contributed by atoms with Crippen molar-refractivity contribution >= 4 is 21.6 Å². The summed E-state index contributed by atoms with van der Waals surface area (Å²) >= 11 is 1.58. The van der Waals surface area contributed by atoms with Gasteiger partial charge in [-0.25, -0.2) is 4.98 Å². The summed E-state index contributed by atoms with van der Waals surface area (Å²) in [6, 6.07) is 17.5. The first-order valence-corrected chi connectivity index (χ1v) is 9.50. The zero-order valence-corrected chi connectivity index (χ0v) is 15.6. The average molecular weight is 370 g/mol. The molecule has 6 heteroatoms. The first kappa shape index (κ1) is 17.6. The van der Waals surface area contributed by atoms with Gasteiger partial charge in [-0.3, -0.25) is 0 Å². The summed E-state index contributed by atoms with van der Waals surface area (Å²) in [4.78, 5) is 4.75. The van der Waals surface area contributed by atoms with E-state index in [2.05, 4.69) is 0 Å². The van der Waals surface area contributed by atoms with Crippen LogP contribution in [0.5, 0.6) is 0 Å². The van der Waals surface area contributed by atoms with Gasteiger partial charge in [0.05, 0.1) is 16.8 Å². The molecule has 2 atom stereocenters. The fraction of sp³-hybridized carbons (Fsp3) is 0.350. The molecule has 0 unspecified atom stereocenters. The molecule has 2 heterocycles. The van der Waals surface area contributed by atoms with Crippen LogP contribution in [0.1, 0.15) is 30.5 Å². The Morgan fingerprint density at radius 1 is 1.19 bits per heavy atom. The Morgan fingerprint density at radius 2 is 1.92 bits per heavy atom. The van der Waals surface area contributed by atoms with Crippen LogP contribution in [0.25, 0.3) is 10.2 Å². The Morgan fingerprint density at radius 3 is 2.62 bits per heavy atom. The molecule has 0 spiro atoms. The first-order chi connectivity index (χ1) is 12.5. The van der Waals surface area contributed by atoms with Gasteiger partial charge in [-0.05, 0) is 31.5 Å². The molecule has 2 aromatic carbocycles. The number of thiazole rings is 1. The van der Waals surface area contributed by atoms with Gasteiger partial charge in [0.1, 0.15) is 17.2 Å². The van der Waals surface area contributed by atoms with Gasteiger partial charge in [0.2, 0.25) is 0 Å². The summed E-state index contributed by atoms with van der Waals surface area (Å²) in [6.07, 6.45) is -0.292. The van der Waals surface area contributed by atoms with Gasteiger partial charge in [0.15, 0.2) is 5.79 Å². The highest BCUT2D eigenvalue weighted by atomic mass is 32.1. The fourth-order valence-corrected chi connectivity index (χ4v) is 4.36. The molecule has 1 aliphatic heterocycles. The van der Waals surface area contributed by atoms with Crippen molar-refractivity contribution in [3.05, 3.63) is 65.2 Å². The van der Waals surface area contributed by atoms with Gasteiger partial charge in [-0.1, -0.05) is 42.5 Å². The van der Waals surface area contributed by atoms with E-state index in [9.17, 15) is 5.21 Å². The number of benzene rings is 2. The van der Waals surface area contributed by atoms with Crippen molar-refractivity contribution in [2.75, 3.05) is 6.61 Å². The second-order valence-corrected chi connectivity index (χ2v) is 7.98. The summed E-state index contributed by atoms with van der Waals surface area (Å²) in [7, 11) is 0. The highest BCUT2D eigenvalue weighted by Crippen LogP contribution is 2.37. The van der Waals surface area contributed by atoms with Crippen LogP contribution in [0.4, 0.5) is 0 Å². The van der Waals surface area contributed by atoms with Crippen LogP contribution < -0.4 is 0 Å². The molecule has 26 heavy (non-hydrogen) atoms. The third kappa shape index (κ3) is 3.65. The van der Waals surface area contributed by atoms with Crippen LogP contribution in [0, 0.1) is 0 Å². The van der Waals surface area contributed by atoms with Crippen molar-refractivity contribution in [3.63, 3.8) is 0 Å². The molecule has 1 fully saturated rings. The monoisotopic (exact) mass is 370 g/mol. The SMILES string of the molecule is CC1(C)OC[C@H]([C@H](c2nc3ccccc3s2)N(O)Cc2ccccc2)O1. The molecule has 0 amide bonds. The first-order valence-electron chi connectivity index (χ1n) is 8.68. The van der Waals surface area contributed by atoms with E-state index in [1.165, 1.54) is 5.06 Å². The molecule has 5 nitrogen and oxygen atoms in total. The number of ether oxygens (including phenoxy) is 2. The van der Waals surface area contributed by atoms with Gasteiger partial charge >= 0.3 is 0 Å². The maximum atomic E-state index is 10.9. The lowest BCUT2D eigenvalue weighted by Gasteiger charge is -2.29. The molecule has 1 N–H and O–H groups in total. The topological polar surface area (TPSA) is 54.8 Å². The number of rotatable bonds is 5. The van der Waals surface area contributed by atoms with Crippen molar-refractivity contribution < 1.29 is 14.7 Å². The predicted octanol–water partition coefficient (Wildman–Crippen LogP) is 4.38. The number of fused-ring (bicyclic) bond motifs is 1. The zero-order chi connectivity index (χ0) is 18.1. The molecule has 1 aliphatic rings.